The Hall–Kier alpha value is -1.96. The first-order chi connectivity index (χ1) is 9.08. The van der Waals surface area contributed by atoms with Crippen LogP contribution in [0.3, 0.4) is 0 Å². The molecule has 0 N–H and O–H groups in total. The number of carbonyl (C=O) groups is 1. The van der Waals surface area contributed by atoms with Crippen LogP contribution in [0.25, 0.3) is 0 Å². The van der Waals surface area contributed by atoms with E-state index in [-0.39, 0.29) is 17.5 Å². The molecule has 0 radical (unpaired) electrons. The topological polar surface area (TPSA) is 17.1 Å². The Morgan fingerprint density at radius 1 is 1.11 bits per heavy atom. The summed E-state index contributed by atoms with van der Waals surface area (Å²) in [6, 6.07) is 13.8. The van der Waals surface area contributed by atoms with E-state index in [2.05, 4.69) is 6.07 Å². The number of carbonyl (C=O) groups excluding carboxylic acids is 1. The average Bonchev–Trinajstić information content (AvgIpc) is 2.39. The van der Waals surface area contributed by atoms with Crippen LogP contribution in [0, 0.1) is 12.7 Å². The average molecular weight is 256 g/mol. The van der Waals surface area contributed by atoms with Crippen LogP contribution in [0.5, 0.6) is 0 Å². The molecule has 19 heavy (non-hydrogen) atoms. The molecule has 0 aliphatic heterocycles. The Kier molecular flexibility index (Phi) is 4.10. The molecule has 2 rings (SSSR count). The highest BCUT2D eigenvalue weighted by molar-refractivity contribution is 5.96. The molecule has 0 aliphatic rings. The van der Waals surface area contributed by atoms with Gasteiger partial charge in [-0.25, -0.2) is 4.39 Å². The molecule has 0 amide bonds. The van der Waals surface area contributed by atoms with Crippen LogP contribution < -0.4 is 0 Å². The molecule has 0 saturated heterocycles. The summed E-state index contributed by atoms with van der Waals surface area (Å²) in [5.41, 5.74) is 2.96. The van der Waals surface area contributed by atoms with Gasteiger partial charge in [0.05, 0.1) is 0 Å². The van der Waals surface area contributed by atoms with Gasteiger partial charge in [-0.05, 0) is 48.2 Å². The smallest absolute Gasteiger partial charge is 0.163 e. The van der Waals surface area contributed by atoms with Gasteiger partial charge < -0.3 is 0 Å². The zero-order valence-corrected chi connectivity index (χ0v) is 11.2. The number of benzene rings is 2. The van der Waals surface area contributed by atoms with E-state index < -0.39 is 0 Å². The third-order valence-corrected chi connectivity index (χ3v) is 3.38. The molecule has 2 aromatic carbocycles. The van der Waals surface area contributed by atoms with E-state index in [1.807, 2.05) is 32.0 Å². The monoisotopic (exact) mass is 256 g/mol. The summed E-state index contributed by atoms with van der Waals surface area (Å²) in [6.45, 7) is 4.10. The van der Waals surface area contributed by atoms with Crippen LogP contribution in [-0.4, -0.2) is 5.78 Å². The fourth-order valence-corrected chi connectivity index (χ4v) is 2.28. The maximum atomic E-state index is 12.8. The van der Waals surface area contributed by atoms with Crippen LogP contribution in [0.15, 0.2) is 48.5 Å². The molecule has 0 bridgehead atoms. The van der Waals surface area contributed by atoms with Crippen molar-refractivity contribution in [2.24, 2.45) is 0 Å². The predicted octanol–water partition coefficient (Wildman–Crippen LogP) is 4.51. The van der Waals surface area contributed by atoms with Crippen molar-refractivity contribution in [3.63, 3.8) is 0 Å². The number of rotatable bonds is 4. The predicted molar refractivity (Wildman–Crippen MR) is 74.9 cm³/mol. The van der Waals surface area contributed by atoms with Gasteiger partial charge in [0, 0.05) is 12.0 Å². The molecule has 2 heteroatoms. The lowest BCUT2D eigenvalue weighted by Crippen LogP contribution is -2.06. The third kappa shape index (κ3) is 3.28. The van der Waals surface area contributed by atoms with E-state index in [0.29, 0.717) is 12.0 Å². The van der Waals surface area contributed by atoms with Crippen LogP contribution in [0.1, 0.15) is 40.7 Å². The molecule has 2 aromatic rings. The van der Waals surface area contributed by atoms with Crippen molar-refractivity contribution in [3.8, 4) is 0 Å². The second-order valence-corrected chi connectivity index (χ2v) is 4.89. The Balaban J connectivity index is 2.11. The Morgan fingerprint density at radius 3 is 2.37 bits per heavy atom. The van der Waals surface area contributed by atoms with E-state index in [1.54, 1.807) is 12.1 Å². The van der Waals surface area contributed by atoms with Crippen molar-refractivity contribution in [3.05, 3.63) is 71.0 Å². The van der Waals surface area contributed by atoms with Gasteiger partial charge in [0.1, 0.15) is 5.82 Å². The Morgan fingerprint density at radius 2 is 1.74 bits per heavy atom. The van der Waals surface area contributed by atoms with Crippen molar-refractivity contribution in [1.29, 1.82) is 0 Å². The minimum atomic E-state index is -0.316. The van der Waals surface area contributed by atoms with E-state index in [1.165, 1.54) is 23.3 Å². The molecular formula is C17H17FO. The molecule has 98 valence electrons. The summed E-state index contributed by atoms with van der Waals surface area (Å²) in [6.07, 6.45) is 0.441. The molecule has 1 atom stereocenters. The summed E-state index contributed by atoms with van der Waals surface area (Å²) in [4.78, 5) is 12.1. The van der Waals surface area contributed by atoms with Crippen LogP contribution >= 0.6 is 0 Å². The zero-order valence-electron chi connectivity index (χ0n) is 11.2. The number of halogens is 1. The third-order valence-electron chi connectivity index (χ3n) is 3.38. The standard InChI is InChI=1S/C17H17FO/c1-12-5-3-4-6-16(12)13(2)11-17(19)14-7-9-15(18)10-8-14/h3-10,13H,11H2,1-2H3/t13-/m1/s1. The highest BCUT2D eigenvalue weighted by atomic mass is 19.1. The van der Waals surface area contributed by atoms with E-state index in [4.69, 9.17) is 0 Å². The van der Waals surface area contributed by atoms with Crippen molar-refractivity contribution >= 4 is 5.78 Å². The van der Waals surface area contributed by atoms with Crippen LogP contribution in [-0.2, 0) is 0 Å². The lowest BCUT2D eigenvalue weighted by Gasteiger charge is -2.13. The van der Waals surface area contributed by atoms with Crippen molar-refractivity contribution in [2.75, 3.05) is 0 Å². The second-order valence-electron chi connectivity index (χ2n) is 4.89. The maximum absolute atomic E-state index is 12.8. The molecule has 0 spiro atoms. The first kappa shape index (κ1) is 13.5. The normalized spacial score (nSPS) is 12.2. The molecule has 0 fully saturated rings. The number of aryl methyl sites for hydroxylation is 1. The summed E-state index contributed by atoms with van der Waals surface area (Å²) < 4.78 is 12.8. The van der Waals surface area contributed by atoms with Gasteiger partial charge in [0.2, 0.25) is 0 Å². The van der Waals surface area contributed by atoms with Crippen LogP contribution in [0.4, 0.5) is 4.39 Å². The number of hydrogen-bond acceptors (Lipinski definition) is 1. The van der Waals surface area contributed by atoms with Gasteiger partial charge >= 0.3 is 0 Å². The summed E-state index contributed by atoms with van der Waals surface area (Å²) in [5.74, 6) is -0.0991. The second kappa shape index (κ2) is 5.79. The van der Waals surface area contributed by atoms with Gasteiger partial charge in [0.25, 0.3) is 0 Å². The zero-order chi connectivity index (χ0) is 13.8. The summed E-state index contributed by atoms with van der Waals surface area (Å²) >= 11 is 0. The molecular weight excluding hydrogens is 239 g/mol. The van der Waals surface area contributed by atoms with Gasteiger partial charge in [-0.15, -0.1) is 0 Å². The van der Waals surface area contributed by atoms with E-state index >= 15 is 0 Å². The fourth-order valence-electron chi connectivity index (χ4n) is 2.28. The highest BCUT2D eigenvalue weighted by Gasteiger charge is 2.14. The first-order valence-corrected chi connectivity index (χ1v) is 6.42. The number of Topliss-reactive ketones (excluding diaryl/α,β-unsaturated/α-hetero) is 1. The van der Waals surface area contributed by atoms with Crippen LogP contribution in [0.2, 0.25) is 0 Å². The Bertz CT molecular complexity index is 572. The van der Waals surface area contributed by atoms with Gasteiger partial charge in [-0.3, -0.25) is 4.79 Å². The van der Waals surface area contributed by atoms with Crippen molar-refractivity contribution in [2.45, 2.75) is 26.2 Å². The summed E-state index contributed by atoms with van der Waals surface area (Å²) in [5, 5.41) is 0. The highest BCUT2D eigenvalue weighted by Crippen LogP contribution is 2.24. The van der Waals surface area contributed by atoms with Crippen molar-refractivity contribution < 1.29 is 9.18 Å². The fraction of sp³-hybridized carbons (Fsp3) is 0.235. The van der Waals surface area contributed by atoms with E-state index in [0.717, 1.165) is 0 Å². The molecule has 0 saturated carbocycles. The number of hydrogen-bond donors (Lipinski definition) is 0. The number of ketones is 1. The largest absolute Gasteiger partial charge is 0.294 e. The maximum Gasteiger partial charge on any atom is 0.163 e. The summed E-state index contributed by atoms with van der Waals surface area (Å²) in [7, 11) is 0. The van der Waals surface area contributed by atoms with Gasteiger partial charge in [-0.1, -0.05) is 31.2 Å². The molecule has 0 aliphatic carbocycles. The van der Waals surface area contributed by atoms with Gasteiger partial charge in [-0.2, -0.15) is 0 Å². The SMILES string of the molecule is Cc1ccccc1[C@H](C)CC(=O)c1ccc(F)cc1. The van der Waals surface area contributed by atoms with Crippen molar-refractivity contribution in [1.82, 2.24) is 0 Å². The molecule has 0 unspecified atom stereocenters. The Labute approximate surface area is 113 Å². The quantitative estimate of drug-likeness (QED) is 0.735. The molecule has 1 nitrogen and oxygen atoms in total. The van der Waals surface area contributed by atoms with Gasteiger partial charge in [0.15, 0.2) is 5.78 Å². The lowest BCUT2D eigenvalue weighted by molar-refractivity contribution is 0.0975. The van der Waals surface area contributed by atoms with E-state index in [9.17, 15) is 9.18 Å². The lowest BCUT2D eigenvalue weighted by atomic mass is 9.90. The minimum Gasteiger partial charge on any atom is -0.294 e. The molecule has 0 heterocycles. The minimum absolute atomic E-state index is 0.0516. The first-order valence-electron chi connectivity index (χ1n) is 6.42. The molecule has 0 aromatic heterocycles.